The summed E-state index contributed by atoms with van der Waals surface area (Å²) in [4.78, 5) is 14.1. The maximum atomic E-state index is 11.7. The van der Waals surface area contributed by atoms with Gasteiger partial charge in [-0.1, -0.05) is 37.3 Å². The molecule has 0 radical (unpaired) electrons. The second-order valence-corrected chi connectivity index (χ2v) is 5.10. The van der Waals surface area contributed by atoms with E-state index in [4.69, 9.17) is 0 Å². The van der Waals surface area contributed by atoms with Crippen molar-refractivity contribution in [3.8, 4) is 0 Å². The lowest BCUT2D eigenvalue weighted by atomic mass is 9.97. The molecule has 1 unspecified atom stereocenters. The van der Waals surface area contributed by atoms with E-state index in [1.54, 1.807) is 0 Å². The van der Waals surface area contributed by atoms with Crippen LogP contribution >= 0.6 is 0 Å². The van der Waals surface area contributed by atoms with E-state index < -0.39 is 0 Å². The van der Waals surface area contributed by atoms with Crippen LogP contribution in [0.25, 0.3) is 0 Å². The summed E-state index contributed by atoms with van der Waals surface area (Å²) >= 11 is 0. The van der Waals surface area contributed by atoms with Gasteiger partial charge >= 0.3 is 0 Å². The topological polar surface area (TPSA) is 51.9 Å². The van der Waals surface area contributed by atoms with Gasteiger partial charge in [-0.15, -0.1) is 0 Å². The van der Waals surface area contributed by atoms with Crippen molar-refractivity contribution >= 4 is 0 Å². The van der Waals surface area contributed by atoms with Crippen LogP contribution in [0.4, 0.5) is 0 Å². The van der Waals surface area contributed by atoms with Crippen molar-refractivity contribution in [3.63, 3.8) is 0 Å². The average molecular weight is 257 g/mol. The molecular weight excluding hydrogens is 238 g/mol. The standard InChI is InChI=1S/C15H19N3O/c1-2-13-14-12(15(19)17-16-14)8-9-18(13)10-11-6-4-3-5-7-11/h3-7,13H,2,8-10H2,1H3,(H2,16,17,19). The van der Waals surface area contributed by atoms with E-state index in [0.29, 0.717) is 6.04 Å². The third kappa shape index (κ3) is 2.24. The Hall–Kier alpha value is -1.81. The molecule has 1 aromatic heterocycles. The summed E-state index contributed by atoms with van der Waals surface area (Å²) in [7, 11) is 0. The summed E-state index contributed by atoms with van der Waals surface area (Å²) in [5.41, 5.74) is 3.39. The molecule has 100 valence electrons. The Morgan fingerprint density at radius 1 is 1.26 bits per heavy atom. The highest BCUT2D eigenvalue weighted by Gasteiger charge is 2.29. The Kier molecular flexibility index (Phi) is 3.25. The van der Waals surface area contributed by atoms with Crippen LogP contribution in [-0.2, 0) is 13.0 Å². The molecule has 0 amide bonds. The number of rotatable bonds is 3. The summed E-state index contributed by atoms with van der Waals surface area (Å²) < 4.78 is 0. The van der Waals surface area contributed by atoms with Gasteiger partial charge in [-0.25, -0.2) is 0 Å². The lowest BCUT2D eigenvalue weighted by molar-refractivity contribution is 0.167. The van der Waals surface area contributed by atoms with Crippen LogP contribution in [0.3, 0.4) is 0 Å². The highest BCUT2D eigenvalue weighted by atomic mass is 16.1. The van der Waals surface area contributed by atoms with E-state index in [1.165, 1.54) is 5.56 Å². The molecule has 1 aliphatic rings. The summed E-state index contributed by atoms with van der Waals surface area (Å²) in [6.45, 7) is 4.05. The van der Waals surface area contributed by atoms with Crippen molar-refractivity contribution in [1.82, 2.24) is 15.1 Å². The molecule has 1 aliphatic heterocycles. The first-order chi connectivity index (χ1) is 9.29. The van der Waals surface area contributed by atoms with Crippen LogP contribution in [0.1, 0.15) is 36.2 Å². The number of nitrogens with one attached hydrogen (secondary N) is 2. The Morgan fingerprint density at radius 3 is 2.79 bits per heavy atom. The maximum absolute atomic E-state index is 11.7. The van der Waals surface area contributed by atoms with E-state index in [0.717, 1.165) is 37.2 Å². The number of benzene rings is 1. The Labute approximate surface area is 112 Å². The molecule has 4 heteroatoms. The van der Waals surface area contributed by atoms with Gasteiger partial charge in [0, 0.05) is 18.7 Å². The van der Waals surface area contributed by atoms with E-state index in [9.17, 15) is 4.79 Å². The van der Waals surface area contributed by atoms with Gasteiger partial charge in [0.1, 0.15) is 0 Å². The molecule has 0 aliphatic carbocycles. The second-order valence-electron chi connectivity index (χ2n) is 5.10. The molecule has 2 N–H and O–H groups in total. The molecular formula is C15H19N3O. The van der Waals surface area contributed by atoms with Crippen LogP contribution < -0.4 is 5.56 Å². The predicted molar refractivity (Wildman–Crippen MR) is 75.0 cm³/mol. The minimum Gasteiger partial charge on any atom is -0.300 e. The minimum atomic E-state index is 0.0489. The highest BCUT2D eigenvalue weighted by molar-refractivity contribution is 5.24. The lowest BCUT2D eigenvalue weighted by Gasteiger charge is -2.34. The molecule has 4 nitrogen and oxygen atoms in total. The number of H-pyrrole nitrogens is 2. The van der Waals surface area contributed by atoms with Crippen LogP contribution in [0.15, 0.2) is 35.1 Å². The molecule has 1 atom stereocenters. The van der Waals surface area contributed by atoms with Gasteiger partial charge in [0.05, 0.1) is 11.7 Å². The van der Waals surface area contributed by atoms with Crippen LogP contribution in [0, 0.1) is 0 Å². The highest BCUT2D eigenvalue weighted by Crippen LogP contribution is 2.30. The number of aromatic nitrogens is 2. The van der Waals surface area contributed by atoms with Crippen molar-refractivity contribution in [2.75, 3.05) is 6.54 Å². The number of nitrogens with zero attached hydrogens (tertiary/aromatic N) is 1. The maximum Gasteiger partial charge on any atom is 0.267 e. The van der Waals surface area contributed by atoms with Gasteiger partial charge in [0.15, 0.2) is 0 Å². The van der Waals surface area contributed by atoms with Crippen molar-refractivity contribution < 1.29 is 0 Å². The largest absolute Gasteiger partial charge is 0.300 e. The van der Waals surface area contributed by atoms with Crippen LogP contribution in [-0.4, -0.2) is 21.6 Å². The smallest absolute Gasteiger partial charge is 0.267 e. The lowest BCUT2D eigenvalue weighted by Crippen LogP contribution is -2.35. The number of aromatic amines is 2. The normalized spacial score (nSPS) is 19.3. The zero-order chi connectivity index (χ0) is 13.2. The van der Waals surface area contributed by atoms with E-state index in [1.807, 2.05) is 6.07 Å². The summed E-state index contributed by atoms with van der Waals surface area (Å²) in [5.74, 6) is 0. The third-order valence-electron chi connectivity index (χ3n) is 3.95. The van der Waals surface area contributed by atoms with Gasteiger partial charge < -0.3 is 5.10 Å². The molecule has 3 rings (SSSR count). The molecule has 2 heterocycles. The number of hydrogen-bond donors (Lipinski definition) is 2. The van der Waals surface area contributed by atoms with Gasteiger partial charge in [-0.05, 0) is 18.4 Å². The van der Waals surface area contributed by atoms with Gasteiger partial charge in [0.25, 0.3) is 5.56 Å². The number of fused-ring (bicyclic) bond motifs is 1. The van der Waals surface area contributed by atoms with E-state index >= 15 is 0 Å². The zero-order valence-electron chi connectivity index (χ0n) is 11.1. The van der Waals surface area contributed by atoms with E-state index in [-0.39, 0.29) is 5.56 Å². The predicted octanol–water partition coefficient (Wildman–Crippen LogP) is 2.21. The van der Waals surface area contributed by atoms with Gasteiger partial charge in [-0.3, -0.25) is 14.8 Å². The molecule has 0 saturated heterocycles. The molecule has 1 aromatic carbocycles. The fourth-order valence-corrected chi connectivity index (χ4v) is 2.99. The second kappa shape index (κ2) is 5.05. The van der Waals surface area contributed by atoms with Crippen LogP contribution in [0.2, 0.25) is 0 Å². The molecule has 19 heavy (non-hydrogen) atoms. The van der Waals surface area contributed by atoms with Gasteiger partial charge in [-0.2, -0.15) is 0 Å². The Balaban J connectivity index is 1.86. The minimum absolute atomic E-state index is 0.0489. The SMILES string of the molecule is CCC1c2[nH][nH]c(=O)c2CCN1Cc1ccccc1. The van der Waals surface area contributed by atoms with Crippen molar-refractivity contribution in [2.45, 2.75) is 32.4 Å². The summed E-state index contributed by atoms with van der Waals surface area (Å²) in [5, 5.41) is 5.78. The van der Waals surface area contributed by atoms with Crippen molar-refractivity contribution in [3.05, 3.63) is 57.5 Å². The fourth-order valence-electron chi connectivity index (χ4n) is 2.99. The molecule has 0 fully saturated rings. The first-order valence-corrected chi connectivity index (χ1v) is 6.87. The summed E-state index contributed by atoms with van der Waals surface area (Å²) in [6, 6.07) is 10.8. The third-order valence-corrected chi connectivity index (χ3v) is 3.95. The van der Waals surface area contributed by atoms with Crippen molar-refractivity contribution in [1.29, 1.82) is 0 Å². The molecule has 2 aromatic rings. The van der Waals surface area contributed by atoms with Gasteiger partial charge in [0.2, 0.25) is 0 Å². The van der Waals surface area contributed by atoms with E-state index in [2.05, 4.69) is 46.3 Å². The molecule has 0 bridgehead atoms. The zero-order valence-corrected chi connectivity index (χ0v) is 11.1. The molecule has 0 saturated carbocycles. The molecule has 0 spiro atoms. The van der Waals surface area contributed by atoms with Crippen LogP contribution in [0.5, 0.6) is 0 Å². The fraction of sp³-hybridized carbons (Fsp3) is 0.400. The first kappa shape index (κ1) is 12.2. The quantitative estimate of drug-likeness (QED) is 0.885. The Morgan fingerprint density at radius 2 is 2.05 bits per heavy atom. The summed E-state index contributed by atoms with van der Waals surface area (Å²) in [6.07, 6.45) is 1.84. The average Bonchev–Trinajstić information content (AvgIpc) is 2.82. The Bertz CT molecular complexity index is 599. The first-order valence-electron chi connectivity index (χ1n) is 6.87. The monoisotopic (exact) mass is 257 g/mol. The number of hydrogen-bond acceptors (Lipinski definition) is 2. The van der Waals surface area contributed by atoms with Crippen molar-refractivity contribution in [2.24, 2.45) is 0 Å².